The van der Waals surface area contributed by atoms with E-state index < -0.39 is 0 Å². The van der Waals surface area contributed by atoms with Gasteiger partial charge in [-0.1, -0.05) is 19.8 Å². The largest absolute Gasteiger partial charge is 0.367 e. The summed E-state index contributed by atoms with van der Waals surface area (Å²) in [4.78, 5) is 7.37. The van der Waals surface area contributed by atoms with E-state index in [9.17, 15) is 0 Å². The number of piperidine rings is 1. The predicted molar refractivity (Wildman–Crippen MR) is 88.7 cm³/mol. The van der Waals surface area contributed by atoms with Crippen LogP contribution >= 0.6 is 0 Å². The van der Waals surface area contributed by atoms with E-state index >= 15 is 0 Å². The zero-order valence-corrected chi connectivity index (χ0v) is 13.5. The SMILES string of the molecule is CCC(NC)c1ccc(N2CCCC3CCCCC32)cn1. The van der Waals surface area contributed by atoms with Crippen LogP contribution in [0.25, 0.3) is 0 Å². The van der Waals surface area contributed by atoms with E-state index in [1.165, 1.54) is 56.5 Å². The summed E-state index contributed by atoms with van der Waals surface area (Å²) in [7, 11) is 2.01. The number of pyridine rings is 1. The molecule has 1 saturated carbocycles. The van der Waals surface area contributed by atoms with Crippen LogP contribution in [0.5, 0.6) is 0 Å². The Kier molecular flexibility index (Phi) is 4.79. The van der Waals surface area contributed by atoms with Crippen LogP contribution < -0.4 is 10.2 Å². The van der Waals surface area contributed by atoms with Gasteiger partial charge in [0, 0.05) is 18.6 Å². The van der Waals surface area contributed by atoms with E-state index in [0.29, 0.717) is 6.04 Å². The highest BCUT2D eigenvalue weighted by Crippen LogP contribution is 2.37. The van der Waals surface area contributed by atoms with Crippen LogP contribution in [0.3, 0.4) is 0 Å². The van der Waals surface area contributed by atoms with Crippen LogP contribution in [0.4, 0.5) is 5.69 Å². The molecule has 0 bridgehead atoms. The van der Waals surface area contributed by atoms with E-state index in [-0.39, 0.29) is 0 Å². The van der Waals surface area contributed by atoms with Gasteiger partial charge in [-0.05, 0) is 57.2 Å². The minimum Gasteiger partial charge on any atom is -0.367 e. The Hall–Kier alpha value is -1.09. The molecule has 0 radical (unpaired) electrons. The first-order valence-electron chi connectivity index (χ1n) is 8.73. The fourth-order valence-corrected chi connectivity index (χ4v) is 4.28. The van der Waals surface area contributed by atoms with E-state index in [1.807, 2.05) is 7.05 Å². The highest BCUT2D eigenvalue weighted by atomic mass is 15.2. The molecule has 1 aliphatic carbocycles. The lowest BCUT2D eigenvalue weighted by molar-refractivity contribution is 0.243. The number of nitrogens with zero attached hydrogens (tertiary/aromatic N) is 2. The van der Waals surface area contributed by atoms with Gasteiger partial charge in [-0.25, -0.2) is 0 Å². The number of hydrogen-bond donors (Lipinski definition) is 1. The second-order valence-electron chi connectivity index (χ2n) is 6.64. The molecular weight excluding hydrogens is 258 g/mol. The fourth-order valence-electron chi connectivity index (χ4n) is 4.28. The number of anilines is 1. The summed E-state index contributed by atoms with van der Waals surface area (Å²) in [6.07, 6.45) is 11.6. The van der Waals surface area contributed by atoms with Gasteiger partial charge in [-0.15, -0.1) is 0 Å². The maximum atomic E-state index is 4.73. The molecule has 1 aliphatic heterocycles. The van der Waals surface area contributed by atoms with Gasteiger partial charge >= 0.3 is 0 Å². The normalized spacial score (nSPS) is 27.2. The number of fused-ring (bicyclic) bond motifs is 1. The fraction of sp³-hybridized carbons (Fsp3) is 0.722. The highest BCUT2D eigenvalue weighted by molar-refractivity contribution is 5.46. The highest BCUT2D eigenvalue weighted by Gasteiger charge is 2.33. The van der Waals surface area contributed by atoms with Crippen molar-refractivity contribution in [3.05, 3.63) is 24.0 Å². The second kappa shape index (κ2) is 6.78. The first kappa shape index (κ1) is 14.8. The first-order valence-corrected chi connectivity index (χ1v) is 8.73. The van der Waals surface area contributed by atoms with Crippen molar-refractivity contribution in [2.45, 2.75) is 64.0 Å². The van der Waals surface area contributed by atoms with Gasteiger partial charge in [-0.3, -0.25) is 4.98 Å². The average Bonchev–Trinajstić information content (AvgIpc) is 2.56. The summed E-state index contributed by atoms with van der Waals surface area (Å²) >= 11 is 0. The maximum absolute atomic E-state index is 4.73. The van der Waals surface area contributed by atoms with Crippen molar-refractivity contribution in [1.29, 1.82) is 0 Å². The molecule has 1 N–H and O–H groups in total. The van der Waals surface area contributed by atoms with Gasteiger partial charge in [0.1, 0.15) is 0 Å². The molecule has 3 atom stereocenters. The maximum Gasteiger partial charge on any atom is 0.0574 e. The molecule has 116 valence electrons. The van der Waals surface area contributed by atoms with Crippen LogP contribution in [0.15, 0.2) is 18.3 Å². The quantitative estimate of drug-likeness (QED) is 0.910. The lowest BCUT2D eigenvalue weighted by Crippen LogP contribution is -2.46. The summed E-state index contributed by atoms with van der Waals surface area (Å²) in [6, 6.07) is 5.65. The van der Waals surface area contributed by atoms with E-state index in [0.717, 1.165) is 18.4 Å². The molecule has 3 unspecified atom stereocenters. The smallest absolute Gasteiger partial charge is 0.0574 e. The van der Waals surface area contributed by atoms with Crippen LogP contribution in [0, 0.1) is 5.92 Å². The van der Waals surface area contributed by atoms with Crippen molar-refractivity contribution >= 4 is 5.69 Å². The van der Waals surface area contributed by atoms with Crippen molar-refractivity contribution in [2.24, 2.45) is 5.92 Å². The Bertz CT molecular complexity index is 436. The number of aromatic nitrogens is 1. The number of nitrogens with one attached hydrogen (secondary N) is 1. The van der Waals surface area contributed by atoms with Crippen LogP contribution in [-0.4, -0.2) is 24.6 Å². The number of hydrogen-bond acceptors (Lipinski definition) is 3. The Morgan fingerprint density at radius 1 is 1.24 bits per heavy atom. The molecule has 2 heterocycles. The predicted octanol–water partition coefficient (Wildman–Crippen LogP) is 3.91. The van der Waals surface area contributed by atoms with Crippen LogP contribution in [0.2, 0.25) is 0 Å². The zero-order valence-electron chi connectivity index (χ0n) is 13.5. The van der Waals surface area contributed by atoms with E-state index in [1.54, 1.807) is 0 Å². The minimum atomic E-state index is 0.378. The molecule has 0 amide bonds. The van der Waals surface area contributed by atoms with Gasteiger partial charge < -0.3 is 10.2 Å². The molecule has 1 aromatic rings. The molecule has 0 spiro atoms. The molecular formula is C18H29N3. The van der Waals surface area contributed by atoms with Crippen molar-refractivity contribution in [3.8, 4) is 0 Å². The van der Waals surface area contributed by atoms with Crippen molar-refractivity contribution in [2.75, 3.05) is 18.5 Å². The molecule has 1 saturated heterocycles. The molecule has 2 fully saturated rings. The molecule has 21 heavy (non-hydrogen) atoms. The lowest BCUT2D eigenvalue weighted by atomic mass is 9.78. The van der Waals surface area contributed by atoms with E-state index in [2.05, 4.69) is 35.5 Å². The van der Waals surface area contributed by atoms with Crippen LogP contribution in [0.1, 0.15) is 63.6 Å². The molecule has 3 rings (SSSR count). The van der Waals surface area contributed by atoms with Gasteiger partial charge in [0.05, 0.1) is 17.6 Å². The van der Waals surface area contributed by atoms with Crippen molar-refractivity contribution in [1.82, 2.24) is 10.3 Å². The average molecular weight is 287 g/mol. The topological polar surface area (TPSA) is 28.2 Å². The summed E-state index contributed by atoms with van der Waals surface area (Å²) in [5.74, 6) is 0.924. The Balaban J connectivity index is 1.76. The third-order valence-electron chi connectivity index (χ3n) is 5.46. The van der Waals surface area contributed by atoms with Crippen molar-refractivity contribution < 1.29 is 0 Å². The van der Waals surface area contributed by atoms with Crippen molar-refractivity contribution in [3.63, 3.8) is 0 Å². The Morgan fingerprint density at radius 2 is 2.05 bits per heavy atom. The molecule has 3 nitrogen and oxygen atoms in total. The van der Waals surface area contributed by atoms with E-state index in [4.69, 9.17) is 4.98 Å². The van der Waals surface area contributed by atoms with Gasteiger partial charge in [-0.2, -0.15) is 0 Å². The standard InChI is InChI=1S/C18H29N3/c1-3-16(19-2)17-11-10-15(13-20-17)21-12-6-8-14-7-4-5-9-18(14)21/h10-11,13-14,16,18-19H,3-9,12H2,1-2H3. The Morgan fingerprint density at radius 3 is 2.76 bits per heavy atom. The molecule has 0 aromatic carbocycles. The summed E-state index contributed by atoms with van der Waals surface area (Å²) in [6.45, 7) is 3.42. The monoisotopic (exact) mass is 287 g/mol. The van der Waals surface area contributed by atoms with Gasteiger partial charge in [0.2, 0.25) is 0 Å². The zero-order chi connectivity index (χ0) is 14.7. The summed E-state index contributed by atoms with van der Waals surface area (Å²) in [5.41, 5.74) is 2.50. The minimum absolute atomic E-state index is 0.378. The first-order chi connectivity index (χ1) is 10.3. The van der Waals surface area contributed by atoms with Gasteiger partial charge in [0.25, 0.3) is 0 Å². The summed E-state index contributed by atoms with van der Waals surface area (Å²) < 4.78 is 0. The molecule has 3 heteroatoms. The lowest BCUT2D eigenvalue weighted by Gasteiger charge is -2.45. The molecule has 2 aliphatic rings. The van der Waals surface area contributed by atoms with Gasteiger partial charge in [0.15, 0.2) is 0 Å². The van der Waals surface area contributed by atoms with Crippen LogP contribution in [-0.2, 0) is 0 Å². The second-order valence-corrected chi connectivity index (χ2v) is 6.64. The summed E-state index contributed by atoms with van der Waals surface area (Å²) in [5, 5.41) is 3.34. The Labute approximate surface area is 129 Å². The third kappa shape index (κ3) is 3.08. The molecule has 1 aromatic heterocycles. The number of rotatable bonds is 4. The third-order valence-corrected chi connectivity index (χ3v) is 5.46.